The lowest BCUT2D eigenvalue weighted by Gasteiger charge is -2.14. The van der Waals surface area contributed by atoms with Crippen LogP contribution in [0.2, 0.25) is 25.7 Å². The van der Waals surface area contributed by atoms with Gasteiger partial charge in [-0.15, -0.1) is 0 Å². The molecule has 0 aliphatic carbocycles. The van der Waals surface area contributed by atoms with Gasteiger partial charge in [-0.3, -0.25) is 0 Å². The largest absolute Gasteiger partial charge is 0.374 e. The molecule has 1 N–H and O–H groups in total. The smallest absolute Gasteiger partial charge is 0.132 e. The third-order valence-corrected chi connectivity index (χ3v) is 3.69. The Morgan fingerprint density at radius 1 is 1.43 bits per heavy atom. The van der Waals surface area contributed by atoms with Gasteiger partial charge in [-0.1, -0.05) is 19.6 Å². The van der Waals surface area contributed by atoms with Crippen LogP contribution < -0.4 is 0 Å². The first-order valence-electron chi connectivity index (χ1n) is 5.05. The summed E-state index contributed by atoms with van der Waals surface area (Å²) in [4.78, 5) is 7.33. The molecule has 1 aromatic rings. The SMILES string of the molecule is Cc1cnc(COCC[Si](C)(C)C)[nH]1. The van der Waals surface area contributed by atoms with Crippen molar-refractivity contribution in [3.63, 3.8) is 0 Å². The van der Waals surface area contributed by atoms with Crippen LogP contribution in [0.4, 0.5) is 0 Å². The van der Waals surface area contributed by atoms with Crippen LogP contribution in [0.25, 0.3) is 0 Å². The van der Waals surface area contributed by atoms with Crippen molar-refractivity contribution in [2.24, 2.45) is 0 Å². The van der Waals surface area contributed by atoms with Gasteiger partial charge in [-0.05, 0) is 13.0 Å². The molecule has 0 fully saturated rings. The molecule has 1 aromatic heterocycles. The Bertz CT molecular complexity index is 278. The summed E-state index contributed by atoms with van der Waals surface area (Å²) in [5.74, 6) is 0.929. The molecular weight excluding hydrogens is 192 g/mol. The highest BCUT2D eigenvalue weighted by molar-refractivity contribution is 6.76. The Morgan fingerprint density at radius 2 is 2.14 bits per heavy atom. The molecule has 0 amide bonds. The summed E-state index contributed by atoms with van der Waals surface area (Å²) in [5, 5.41) is 0. The molecule has 14 heavy (non-hydrogen) atoms. The molecule has 0 aromatic carbocycles. The first-order valence-corrected chi connectivity index (χ1v) is 8.76. The highest BCUT2D eigenvalue weighted by Crippen LogP contribution is 2.08. The van der Waals surface area contributed by atoms with E-state index < -0.39 is 8.07 Å². The number of hydrogen-bond donors (Lipinski definition) is 1. The van der Waals surface area contributed by atoms with Gasteiger partial charge in [0.15, 0.2) is 0 Å². The lowest BCUT2D eigenvalue weighted by molar-refractivity contribution is 0.128. The van der Waals surface area contributed by atoms with E-state index >= 15 is 0 Å². The van der Waals surface area contributed by atoms with Crippen LogP contribution in [0, 0.1) is 6.92 Å². The van der Waals surface area contributed by atoms with E-state index in [-0.39, 0.29) is 0 Å². The van der Waals surface area contributed by atoms with Crippen LogP contribution in [0.5, 0.6) is 0 Å². The third-order valence-electron chi connectivity index (χ3n) is 1.99. The zero-order chi connectivity index (χ0) is 10.6. The van der Waals surface area contributed by atoms with Gasteiger partial charge in [0.1, 0.15) is 12.4 Å². The molecule has 1 heterocycles. The van der Waals surface area contributed by atoms with Gasteiger partial charge in [0.2, 0.25) is 0 Å². The van der Waals surface area contributed by atoms with Crippen molar-refractivity contribution >= 4 is 8.07 Å². The zero-order valence-electron chi connectivity index (χ0n) is 9.55. The molecule has 0 saturated heterocycles. The maximum absolute atomic E-state index is 5.55. The second kappa shape index (κ2) is 4.75. The number of nitrogens with one attached hydrogen (secondary N) is 1. The van der Waals surface area contributed by atoms with Gasteiger partial charge < -0.3 is 9.72 Å². The van der Waals surface area contributed by atoms with Gasteiger partial charge in [0.05, 0.1) is 0 Å². The van der Waals surface area contributed by atoms with E-state index in [0.717, 1.165) is 18.1 Å². The molecule has 80 valence electrons. The summed E-state index contributed by atoms with van der Waals surface area (Å²) in [6.07, 6.45) is 1.83. The van der Waals surface area contributed by atoms with E-state index in [1.54, 1.807) is 0 Å². The molecule has 1 rings (SSSR count). The summed E-state index contributed by atoms with van der Waals surface area (Å²) in [6.45, 7) is 10.5. The van der Waals surface area contributed by atoms with Gasteiger partial charge in [-0.2, -0.15) is 0 Å². The number of aryl methyl sites for hydroxylation is 1. The lowest BCUT2D eigenvalue weighted by atomic mass is 10.6. The van der Waals surface area contributed by atoms with Gasteiger partial charge >= 0.3 is 0 Å². The Hall–Kier alpha value is -0.613. The van der Waals surface area contributed by atoms with Crippen LogP contribution in [-0.4, -0.2) is 24.6 Å². The first kappa shape index (κ1) is 11.5. The number of aromatic amines is 1. The van der Waals surface area contributed by atoms with Crippen molar-refractivity contribution in [3.8, 4) is 0 Å². The quantitative estimate of drug-likeness (QED) is 0.602. The average molecular weight is 212 g/mol. The van der Waals surface area contributed by atoms with Crippen LogP contribution in [-0.2, 0) is 11.3 Å². The lowest BCUT2D eigenvalue weighted by Crippen LogP contribution is -2.21. The highest BCUT2D eigenvalue weighted by Gasteiger charge is 2.12. The number of imidazole rings is 1. The predicted molar refractivity (Wildman–Crippen MR) is 61.1 cm³/mol. The van der Waals surface area contributed by atoms with Crippen molar-refractivity contribution in [1.82, 2.24) is 9.97 Å². The Kier molecular flexibility index (Phi) is 3.89. The van der Waals surface area contributed by atoms with E-state index in [2.05, 4.69) is 29.6 Å². The molecule has 3 nitrogen and oxygen atoms in total. The van der Waals surface area contributed by atoms with Gasteiger partial charge in [0.25, 0.3) is 0 Å². The standard InChI is InChI=1S/C10H20N2OSi/c1-9-7-11-10(12-9)8-13-5-6-14(2,3)4/h7H,5-6,8H2,1-4H3,(H,11,12). The molecule has 0 aliphatic rings. The molecule has 0 atom stereocenters. The van der Waals surface area contributed by atoms with E-state index in [9.17, 15) is 0 Å². The van der Waals surface area contributed by atoms with E-state index in [1.807, 2.05) is 13.1 Å². The Labute approximate surface area is 86.9 Å². The van der Waals surface area contributed by atoms with Crippen molar-refractivity contribution in [2.75, 3.05) is 6.61 Å². The molecule has 0 unspecified atom stereocenters. The van der Waals surface area contributed by atoms with Crippen LogP contribution >= 0.6 is 0 Å². The number of nitrogens with zero attached hydrogens (tertiary/aromatic N) is 1. The summed E-state index contributed by atoms with van der Waals surface area (Å²) >= 11 is 0. The fourth-order valence-electron chi connectivity index (χ4n) is 1.09. The molecule has 0 spiro atoms. The van der Waals surface area contributed by atoms with Crippen molar-refractivity contribution in [1.29, 1.82) is 0 Å². The highest BCUT2D eigenvalue weighted by atomic mass is 28.3. The minimum absolute atomic E-state index is 0.609. The number of ether oxygens (including phenoxy) is 1. The second-order valence-corrected chi connectivity index (χ2v) is 10.5. The number of H-pyrrole nitrogens is 1. The summed E-state index contributed by atoms with van der Waals surface area (Å²) in [5.41, 5.74) is 1.09. The maximum Gasteiger partial charge on any atom is 0.132 e. The Morgan fingerprint density at radius 3 is 2.64 bits per heavy atom. The first-order chi connectivity index (χ1) is 6.47. The van der Waals surface area contributed by atoms with Crippen molar-refractivity contribution in [2.45, 2.75) is 39.2 Å². The van der Waals surface area contributed by atoms with Crippen LogP contribution in [0.1, 0.15) is 11.5 Å². The maximum atomic E-state index is 5.55. The molecule has 0 radical (unpaired) electrons. The summed E-state index contributed by atoms with van der Waals surface area (Å²) in [7, 11) is -0.946. The average Bonchev–Trinajstić information content (AvgIpc) is 2.44. The summed E-state index contributed by atoms with van der Waals surface area (Å²) in [6, 6.07) is 1.21. The minimum Gasteiger partial charge on any atom is -0.374 e. The van der Waals surface area contributed by atoms with Gasteiger partial charge in [0, 0.05) is 26.6 Å². The van der Waals surface area contributed by atoms with E-state index in [1.165, 1.54) is 6.04 Å². The van der Waals surface area contributed by atoms with E-state index in [0.29, 0.717) is 6.61 Å². The molecule has 0 aliphatic heterocycles. The molecular formula is C10H20N2OSi. The molecule has 0 saturated carbocycles. The fraction of sp³-hybridized carbons (Fsp3) is 0.700. The monoisotopic (exact) mass is 212 g/mol. The van der Waals surface area contributed by atoms with Crippen LogP contribution in [0.15, 0.2) is 6.20 Å². The van der Waals surface area contributed by atoms with E-state index in [4.69, 9.17) is 4.74 Å². The third kappa shape index (κ3) is 4.57. The molecule has 0 bridgehead atoms. The Balaban J connectivity index is 2.16. The summed E-state index contributed by atoms with van der Waals surface area (Å²) < 4.78 is 5.55. The van der Waals surface area contributed by atoms with Crippen molar-refractivity contribution < 1.29 is 4.74 Å². The number of aromatic nitrogens is 2. The predicted octanol–water partition coefficient (Wildman–Crippen LogP) is 2.57. The fourth-order valence-corrected chi connectivity index (χ4v) is 1.84. The normalized spacial score (nSPS) is 12.0. The minimum atomic E-state index is -0.946. The molecule has 4 heteroatoms. The number of rotatable bonds is 5. The van der Waals surface area contributed by atoms with Crippen LogP contribution in [0.3, 0.4) is 0 Å². The van der Waals surface area contributed by atoms with Crippen molar-refractivity contribution in [3.05, 3.63) is 17.7 Å². The zero-order valence-corrected chi connectivity index (χ0v) is 10.6. The number of hydrogen-bond acceptors (Lipinski definition) is 2. The topological polar surface area (TPSA) is 37.9 Å². The second-order valence-electron chi connectivity index (χ2n) is 4.88. The van der Waals surface area contributed by atoms with Gasteiger partial charge in [-0.25, -0.2) is 4.98 Å².